The SMILES string of the molecule is CCOc1cc([C@@H]2NC(=O)NC(C)=C2C(=O)OC)ccc1OC[C@@H](O)N/N=C\c1ccc(C(=O)OC)cc1. The zero-order chi connectivity index (χ0) is 27.7. The summed E-state index contributed by atoms with van der Waals surface area (Å²) in [7, 11) is 2.58. The number of ether oxygens (including phenoxy) is 4. The first-order valence-corrected chi connectivity index (χ1v) is 11.7. The average Bonchev–Trinajstić information content (AvgIpc) is 2.91. The van der Waals surface area contributed by atoms with E-state index in [1.165, 1.54) is 20.4 Å². The Labute approximate surface area is 219 Å². The second-order valence-electron chi connectivity index (χ2n) is 8.03. The molecule has 0 saturated carbocycles. The number of amides is 2. The van der Waals surface area contributed by atoms with E-state index in [-0.39, 0.29) is 12.2 Å². The molecule has 0 aromatic heterocycles. The molecule has 12 heteroatoms. The van der Waals surface area contributed by atoms with Crippen molar-refractivity contribution < 1.29 is 38.4 Å². The van der Waals surface area contributed by atoms with E-state index < -0.39 is 30.2 Å². The lowest BCUT2D eigenvalue weighted by Gasteiger charge is -2.28. The number of hydrazone groups is 1. The van der Waals surface area contributed by atoms with E-state index in [1.54, 1.807) is 56.3 Å². The molecular weight excluding hydrogens is 496 g/mol. The highest BCUT2D eigenvalue weighted by Gasteiger charge is 2.32. The van der Waals surface area contributed by atoms with Crippen molar-refractivity contribution in [3.05, 3.63) is 70.4 Å². The van der Waals surface area contributed by atoms with Crippen molar-refractivity contribution in [2.45, 2.75) is 26.1 Å². The highest BCUT2D eigenvalue weighted by Crippen LogP contribution is 2.34. The Morgan fingerprint density at radius 3 is 2.45 bits per heavy atom. The summed E-state index contributed by atoms with van der Waals surface area (Å²) in [6, 6.07) is 10.3. The van der Waals surface area contributed by atoms with E-state index in [1.807, 2.05) is 0 Å². The average molecular weight is 527 g/mol. The molecule has 202 valence electrons. The Hall–Kier alpha value is -4.58. The van der Waals surface area contributed by atoms with Gasteiger partial charge in [0.05, 0.1) is 44.2 Å². The molecule has 0 aliphatic carbocycles. The number of nitrogens with zero attached hydrogens (tertiary/aromatic N) is 1. The van der Waals surface area contributed by atoms with Crippen molar-refractivity contribution in [1.82, 2.24) is 16.1 Å². The predicted octanol–water partition coefficient (Wildman–Crippen LogP) is 1.99. The maximum atomic E-state index is 12.4. The quantitative estimate of drug-likeness (QED) is 0.149. The van der Waals surface area contributed by atoms with Crippen molar-refractivity contribution in [2.24, 2.45) is 5.10 Å². The Bertz CT molecular complexity index is 1230. The van der Waals surface area contributed by atoms with Gasteiger partial charge in [0, 0.05) is 5.70 Å². The fourth-order valence-corrected chi connectivity index (χ4v) is 3.64. The molecule has 1 aliphatic heterocycles. The van der Waals surface area contributed by atoms with Crippen LogP contribution in [-0.4, -0.2) is 63.0 Å². The summed E-state index contributed by atoms with van der Waals surface area (Å²) in [5.41, 5.74) is 4.90. The molecular formula is C26H30N4O8. The van der Waals surface area contributed by atoms with Gasteiger partial charge in [-0.1, -0.05) is 18.2 Å². The van der Waals surface area contributed by atoms with Gasteiger partial charge in [-0.15, -0.1) is 0 Å². The fourth-order valence-electron chi connectivity index (χ4n) is 3.64. The number of hydrogen-bond donors (Lipinski definition) is 4. The predicted molar refractivity (Wildman–Crippen MR) is 137 cm³/mol. The zero-order valence-electron chi connectivity index (χ0n) is 21.4. The number of aliphatic hydroxyl groups is 1. The highest BCUT2D eigenvalue weighted by atomic mass is 16.5. The molecule has 0 fully saturated rings. The largest absolute Gasteiger partial charge is 0.490 e. The van der Waals surface area contributed by atoms with Gasteiger partial charge >= 0.3 is 18.0 Å². The minimum absolute atomic E-state index is 0.158. The van der Waals surface area contributed by atoms with Gasteiger partial charge in [-0.25, -0.2) is 14.4 Å². The Balaban J connectivity index is 1.66. The molecule has 0 spiro atoms. The number of carbonyl (C=O) groups is 3. The minimum Gasteiger partial charge on any atom is -0.490 e. The monoisotopic (exact) mass is 526 g/mol. The first-order chi connectivity index (χ1) is 18.3. The van der Waals surface area contributed by atoms with Crippen LogP contribution in [0.2, 0.25) is 0 Å². The van der Waals surface area contributed by atoms with Gasteiger partial charge in [-0.3, -0.25) is 5.43 Å². The second kappa shape index (κ2) is 13.1. The summed E-state index contributed by atoms with van der Waals surface area (Å²) in [4.78, 5) is 35.9. The number of carbonyl (C=O) groups excluding carboxylic acids is 3. The highest BCUT2D eigenvalue weighted by molar-refractivity contribution is 5.95. The number of urea groups is 1. The van der Waals surface area contributed by atoms with Gasteiger partial charge in [0.15, 0.2) is 17.7 Å². The molecule has 12 nitrogen and oxygen atoms in total. The number of methoxy groups -OCH3 is 2. The number of aliphatic hydroxyl groups excluding tert-OH is 1. The third kappa shape index (κ3) is 7.01. The molecule has 1 heterocycles. The van der Waals surface area contributed by atoms with Gasteiger partial charge in [0.1, 0.15) is 6.61 Å². The lowest BCUT2D eigenvalue weighted by Crippen LogP contribution is -2.45. The Kier molecular flexibility index (Phi) is 9.66. The minimum atomic E-state index is -1.14. The van der Waals surface area contributed by atoms with Crippen LogP contribution in [0.15, 0.2) is 58.8 Å². The topological polar surface area (TPSA) is 157 Å². The molecule has 38 heavy (non-hydrogen) atoms. The molecule has 2 aromatic rings. The molecule has 3 rings (SSSR count). The van der Waals surface area contributed by atoms with Crippen LogP contribution in [0.5, 0.6) is 11.5 Å². The molecule has 2 aromatic carbocycles. The first kappa shape index (κ1) is 28.0. The summed E-state index contributed by atoms with van der Waals surface area (Å²) in [6.45, 7) is 3.59. The summed E-state index contributed by atoms with van der Waals surface area (Å²) in [5.74, 6) is -0.303. The Morgan fingerprint density at radius 2 is 1.79 bits per heavy atom. The summed E-state index contributed by atoms with van der Waals surface area (Å²) in [5, 5.41) is 19.5. The van der Waals surface area contributed by atoms with E-state index >= 15 is 0 Å². The van der Waals surface area contributed by atoms with Crippen molar-refractivity contribution >= 4 is 24.2 Å². The molecule has 0 bridgehead atoms. The van der Waals surface area contributed by atoms with Crippen molar-refractivity contribution in [3.8, 4) is 11.5 Å². The lowest BCUT2D eigenvalue weighted by atomic mass is 9.95. The summed E-state index contributed by atoms with van der Waals surface area (Å²) < 4.78 is 21.0. The second-order valence-corrected chi connectivity index (χ2v) is 8.03. The van der Waals surface area contributed by atoms with E-state index in [2.05, 4.69) is 25.9 Å². The summed E-state index contributed by atoms with van der Waals surface area (Å²) in [6.07, 6.45) is 0.335. The van der Waals surface area contributed by atoms with Crippen LogP contribution in [-0.2, 0) is 14.3 Å². The van der Waals surface area contributed by atoms with Crippen LogP contribution in [0.1, 0.15) is 41.4 Å². The van der Waals surface area contributed by atoms with Gasteiger partial charge < -0.3 is 34.7 Å². The third-order valence-corrected chi connectivity index (χ3v) is 5.44. The number of benzene rings is 2. The lowest BCUT2D eigenvalue weighted by molar-refractivity contribution is -0.136. The molecule has 0 unspecified atom stereocenters. The van der Waals surface area contributed by atoms with Crippen LogP contribution in [0.3, 0.4) is 0 Å². The fraction of sp³-hybridized carbons (Fsp3) is 0.308. The number of nitrogens with one attached hydrogen (secondary N) is 3. The number of rotatable bonds is 11. The number of hydrogen-bond acceptors (Lipinski definition) is 10. The van der Waals surface area contributed by atoms with E-state index in [0.29, 0.717) is 40.5 Å². The van der Waals surface area contributed by atoms with Crippen LogP contribution < -0.4 is 25.5 Å². The number of allylic oxidation sites excluding steroid dienone is 1. The molecule has 4 N–H and O–H groups in total. The third-order valence-electron chi connectivity index (χ3n) is 5.44. The van der Waals surface area contributed by atoms with Crippen molar-refractivity contribution in [3.63, 3.8) is 0 Å². The standard InChI is InChI=1S/C26H30N4O8/c1-5-37-20-12-18(23-22(25(33)36-4)15(2)28-26(34)29-23)10-11-19(20)38-14-21(31)30-27-13-16-6-8-17(9-7-16)24(32)35-3/h6-13,21,23,30-31H,5,14H2,1-4H3,(H2,28,29,34)/b27-13-/t21-,23+/m1/s1. The van der Waals surface area contributed by atoms with Crippen molar-refractivity contribution in [2.75, 3.05) is 27.4 Å². The van der Waals surface area contributed by atoms with Gasteiger partial charge in [0.25, 0.3) is 0 Å². The smallest absolute Gasteiger partial charge is 0.337 e. The summed E-state index contributed by atoms with van der Waals surface area (Å²) >= 11 is 0. The van der Waals surface area contributed by atoms with Gasteiger partial charge in [-0.05, 0) is 49.2 Å². The maximum absolute atomic E-state index is 12.4. The normalized spacial score (nSPS) is 15.8. The number of esters is 2. The van der Waals surface area contributed by atoms with Crippen LogP contribution in [0, 0.1) is 0 Å². The van der Waals surface area contributed by atoms with Crippen LogP contribution >= 0.6 is 0 Å². The van der Waals surface area contributed by atoms with E-state index in [9.17, 15) is 19.5 Å². The molecule has 0 saturated heterocycles. The maximum Gasteiger partial charge on any atom is 0.337 e. The molecule has 1 aliphatic rings. The van der Waals surface area contributed by atoms with E-state index in [4.69, 9.17) is 14.2 Å². The first-order valence-electron chi connectivity index (χ1n) is 11.7. The molecule has 0 radical (unpaired) electrons. The van der Waals surface area contributed by atoms with E-state index in [0.717, 1.165) is 0 Å². The molecule has 2 atom stereocenters. The zero-order valence-corrected chi connectivity index (χ0v) is 21.4. The van der Waals surface area contributed by atoms with Crippen molar-refractivity contribution in [1.29, 1.82) is 0 Å². The van der Waals surface area contributed by atoms with Gasteiger partial charge in [0.2, 0.25) is 0 Å². The Morgan fingerprint density at radius 1 is 1.08 bits per heavy atom. The van der Waals surface area contributed by atoms with Gasteiger partial charge in [-0.2, -0.15) is 5.10 Å². The molecule has 2 amide bonds. The van der Waals surface area contributed by atoms with Crippen LogP contribution in [0.4, 0.5) is 4.79 Å². The van der Waals surface area contributed by atoms with Crippen LogP contribution in [0.25, 0.3) is 0 Å².